The van der Waals surface area contributed by atoms with Crippen molar-refractivity contribution < 1.29 is 14.3 Å². The Labute approximate surface area is 148 Å². The van der Waals surface area contributed by atoms with E-state index in [0.29, 0.717) is 12.1 Å². The van der Waals surface area contributed by atoms with Crippen molar-refractivity contribution in [1.82, 2.24) is 4.57 Å². The van der Waals surface area contributed by atoms with Crippen LogP contribution in [-0.2, 0) is 6.54 Å². The van der Waals surface area contributed by atoms with Crippen LogP contribution in [0.1, 0.15) is 22.8 Å². The standard InChI is InChI=1S/C19H16FN3O3/c1-2-23-11-14(19(25)26)18(24)13-8-15(20)16(9-17(13)23)22-21-10-12-6-4-3-5-7-12/h3-11,22H,2H2,1H3,(H,25,26)/p-1/b21-10-. The second-order valence-electron chi connectivity index (χ2n) is 5.58. The third-order valence-corrected chi connectivity index (χ3v) is 3.93. The van der Waals surface area contributed by atoms with Crippen molar-refractivity contribution in [1.29, 1.82) is 0 Å². The number of pyridine rings is 1. The van der Waals surface area contributed by atoms with Gasteiger partial charge in [0.05, 0.1) is 29.0 Å². The molecule has 3 rings (SSSR count). The number of aromatic carboxylic acids is 1. The Bertz CT molecular complexity index is 1060. The maximum Gasteiger partial charge on any atom is 0.198 e. The molecule has 0 spiro atoms. The highest BCUT2D eigenvalue weighted by molar-refractivity contribution is 5.92. The number of carboxylic acid groups (broad SMARTS) is 1. The van der Waals surface area contributed by atoms with Crippen molar-refractivity contribution in [2.24, 2.45) is 5.10 Å². The molecule has 0 aliphatic carbocycles. The highest BCUT2D eigenvalue weighted by Crippen LogP contribution is 2.22. The first-order chi connectivity index (χ1) is 12.5. The average molecular weight is 352 g/mol. The zero-order valence-electron chi connectivity index (χ0n) is 13.9. The van der Waals surface area contributed by atoms with Crippen LogP contribution in [0.15, 0.2) is 58.6 Å². The number of hydrogen-bond acceptors (Lipinski definition) is 5. The first-order valence-electron chi connectivity index (χ1n) is 7.93. The quantitative estimate of drug-likeness (QED) is 0.562. The van der Waals surface area contributed by atoms with Crippen LogP contribution in [0.2, 0.25) is 0 Å². The number of halogens is 1. The van der Waals surface area contributed by atoms with E-state index >= 15 is 0 Å². The Hall–Kier alpha value is -3.48. The monoisotopic (exact) mass is 352 g/mol. The van der Waals surface area contributed by atoms with Crippen LogP contribution in [0, 0.1) is 5.82 Å². The van der Waals surface area contributed by atoms with Gasteiger partial charge in [0.2, 0.25) is 0 Å². The highest BCUT2D eigenvalue weighted by Gasteiger charge is 2.13. The van der Waals surface area contributed by atoms with E-state index in [2.05, 4.69) is 10.5 Å². The molecule has 0 saturated carbocycles. The number of hydrazone groups is 1. The predicted octanol–water partition coefficient (Wildman–Crippen LogP) is 1.97. The number of aromatic nitrogens is 1. The van der Waals surface area contributed by atoms with Gasteiger partial charge < -0.3 is 14.5 Å². The largest absolute Gasteiger partial charge is 0.545 e. The maximum atomic E-state index is 14.3. The smallest absolute Gasteiger partial charge is 0.198 e. The van der Waals surface area contributed by atoms with Crippen molar-refractivity contribution in [2.75, 3.05) is 5.43 Å². The normalized spacial score (nSPS) is 11.2. The number of carbonyl (C=O) groups excluding carboxylic acids is 1. The van der Waals surface area contributed by atoms with Gasteiger partial charge in [-0.25, -0.2) is 4.39 Å². The zero-order valence-corrected chi connectivity index (χ0v) is 13.9. The Balaban J connectivity index is 2.04. The summed E-state index contributed by atoms with van der Waals surface area (Å²) >= 11 is 0. The molecule has 3 aromatic rings. The second-order valence-corrected chi connectivity index (χ2v) is 5.58. The molecule has 26 heavy (non-hydrogen) atoms. The molecular formula is C19H15FN3O3-. The number of nitrogens with one attached hydrogen (secondary N) is 1. The van der Waals surface area contributed by atoms with Gasteiger partial charge in [0.15, 0.2) is 5.43 Å². The summed E-state index contributed by atoms with van der Waals surface area (Å²) in [5.74, 6) is -2.30. The summed E-state index contributed by atoms with van der Waals surface area (Å²) in [7, 11) is 0. The summed E-state index contributed by atoms with van der Waals surface area (Å²) in [6.07, 6.45) is 2.74. The van der Waals surface area contributed by atoms with Crippen molar-refractivity contribution in [3.63, 3.8) is 0 Å². The molecule has 0 atom stereocenters. The number of fused-ring (bicyclic) bond motifs is 1. The fourth-order valence-electron chi connectivity index (χ4n) is 2.62. The van der Waals surface area contributed by atoms with Crippen LogP contribution in [0.4, 0.5) is 10.1 Å². The van der Waals surface area contributed by atoms with E-state index < -0.39 is 22.8 Å². The van der Waals surface area contributed by atoms with Gasteiger partial charge in [0.1, 0.15) is 5.82 Å². The number of hydrogen-bond donors (Lipinski definition) is 1. The predicted molar refractivity (Wildman–Crippen MR) is 95.8 cm³/mol. The molecule has 1 heterocycles. The lowest BCUT2D eigenvalue weighted by Gasteiger charge is -2.13. The zero-order chi connectivity index (χ0) is 18.7. The Morgan fingerprint density at radius 3 is 2.69 bits per heavy atom. The van der Waals surface area contributed by atoms with Gasteiger partial charge in [-0.05, 0) is 24.6 Å². The van der Waals surface area contributed by atoms with Crippen LogP contribution < -0.4 is 16.0 Å². The fourth-order valence-corrected chi connectivity index (χ4v) is 2.62. The lowest BCUT2D eigenvalue weighted by Crippen LogP contribution is -2.30. The number of benzene rings is 2. The molecule has 1 N–H and O–H groups in total. The maximum absolute atomic E-state index is 14.3. The molecule has 132 valence electrons. The lowest BCUT2D eigenvalue weighted by atomic mass is 10.1. The molecule has 0 radical (unpaired) electrons. The van der Waals surface area contributed by atoms with E-state index in [1.165, 1.54) is 18.5 Å². The van der Waals surface area contributed by atoms with Crippen LogP contribution in [-0.4, -0.2) is 16.8 Å². The minimum atomic E-state index is -1.59. The van der Waals surface area contributed by atoms with E-state index in [1.54, 1.807) is 11.5 Å². The van der Waals surface area contributed by atoms with Crippen molar-refractivity contribution in [3.05, 3.63) is 75.8 Å². The summed E-state index contributed by atoms with van der Waals surface area (Å²) < 4.78 is 15.9. The minimum Gasteiger partial charge on any atom is -0.545 e. The molecule has 0 fully saturated rings. The third-order valence-electron chi connectivity index (χ3n) is 3.93. The average Bonchev–Trinajstić information content (AvgIpc) is 2.64. The summed E-state index contributed by atoms with van der Waals surface area (Å²) in [6.45, 7) is 2.18. The van der Waals surface area contributed by atoms with Gasteiger partial charge in [-0.2, -0.15) is 5.10 Å². The molecular weight excluding hydrogens is 337 g/mol. The van der Waals surface area contributed by atoms with Gasteiger partial charge >= 0.3 is 0 Å². The Morgan fingerprint density at radius 1 is 1.31 bits per heavy atom. The number of carbonyl (C=O) groups is 1. The van der Waals surface area contributed by atoms with Crippen molar-refractivity contribution in [2.45, 2.75) is 13.5 Å². The lowest BCUT2D eigenvalue weighted by molar-refractivity contribution is -0.255. The van der Waals surface area contributed by atoms with Gasteiger partial charge in [-0.3, -0.25) is 10.2 Å². The number of anilines is 1. The number of nitrogens with zero attached hydrogens (tertiary/aromatic N) is 2. The van der Waals surface area contributed by atoms with Gasteiger partial charge in [0, 0.05) is 18.1 Å². The van der Waals surface area contributed by atoms with Crippen LogP contribution >= 0.6 is 0 Å². The van der Waals surface area contributed by atoms with Crippen LogP contribution in [0.3, 0.4) is 0 Å². The number of aryl methyl sites for hydroxylation is 1. The van der Waals surface area contributed by atoms with Gasteiger partial charge in [-0.15, -0.1) is 0 Å². The number of rotatable bonds is 5. The summed E-state index contributed by atoms with van der Waals surface area (Å²) in [4.78, 5) is 23.4. The van der Waals surface area contributed by atoms with Gasteiger partial charge in [-0.1, -0.05) is 30.3 Å². The summed E-state index contributed by atoms with van der Waals surface area (Å²) in [6, 6.07) is 11.7. The van der Waals surface area contributed by atoms with Crippen molar-refractivity contribution in [3.8, 4) is 0 Å². The first kappa shape index (κ1) is 17.3. The molecule has 0 amide bonds. The van der Waals surface area contributed by atoms with Crippen LogP contribution in [0.5, 0.6) is 0 Å². The molecule has 0 aliphatic rings. The molecule has 0 aliphatic heterocycles. The molecule has 0 saturated heterocycles. The minimum absolute atomic E-state index is 0.0244. The molecule has 2 aromatic carbocycles. The Kier molecular flexibility index (Phi) is 4.79. The van der Waals surface area contributed by atoms with E-state index in [-0.39, 0.29) is 11.1 Å². The van der Waals surface area contributed by atoms with Gasteiger partial charge in [0.25, 0.3) is 0 Å². The fraction of sp³-hybridized carbons (Fsp3) is 0.105. The molecule has 0 unspecified atom stereocenters. The SMILES string of the molecule is CCn1cc(C(=O)[O-])c(=O)c2cc(F)c(N/N=C\c3ccccc3)cc21. The molecule has 7 heteroatoms. The van der Waals surface area contributed by atoms with E-state index in [9.17, 15) is 19.1 Å². The van der Waals surface area contributed by atoms with E-state index in [1.807, 2.05) is 30.3 Å². The summed E-state index contributed by atoms with van der Waals surface area (Å²) in [5, 5.41) is 15.1. The third kappa shape index (κ3) is 3.32. The molecule has 0 bridgehead atoms. The first-order valence-corrected chi connectivity index (χ1v) is 7.93. The Morgan fingerprint density at radius 2 is 2.04 bits per heavy atom. The second kappa shape index (κ2) is 7.18. The topological polar surface area (TPSA) is 86.5 Å². The highest BCUT2D eigenvalue weighted by atomic mass is 19.1. The van der Waals surface area contributed by atoms with E-state index in [0.717, 1.165) is 11.6 Å². The number of carboxylic acids is 1. The molecule has 6 nitrogen and oxygen atoms in total. The van der Waals surface area contributed by atoms with Crippen molar-refractivity contribution >= 4 is 28.8 Å². The van der Waals surface area contributed by atoms with Crippen LogP contribution in [0.25, 0.3) is 10.9 Å². The molecule has 1 aromatic heterocycles. The summed E-state index contributed by atoms with van der Waals surface area (Å²) in [5.41, 5.74) is 2.66. The van der Waals surface area contributed by atoms with E-state index in [4.69, 9.17) is 0 Å².